The lowest BCUT2D eigenvalue weighted by molar-refractivity contribution is 0.0937. The van der Waals surface area contributed by atoms with E-state index < -0.39 is 6.17 Å². The van der Waals surface area contributed by atoms with Gasteiger partial charge >= 0.3 is 0 Å². The van der Waals surface area contributed by atoms with E-state index in [0.717, 1.165) is 39.6 Å². The molecule has 1 unspecified atom stereocenters. The van der Waals surface area contributed by atoms with Crippen molar-refractivity contribution >= 4 is 16.7 Å². The molecular formula is C28H26N6O. The van der Waals surface area contributed by atoms with Crippen molar-refractivity contribution in [3.05, 3.63) is 125 Å². The SMILES string of the molecule is Cc1cnn(Cc2ccc(Cc3cncc(C(=O)NC(N)c4ccc5cnccc5c4)c3)cc2)c1. The number of nitrogens with one attached hydrogen (secondary N) is 1. The van der Waals surface area contributed by atoms with Gasteiger partial charge in [0.1, 0.15) is 6.17 Å². The zero-order valence-corrected chi connectivity index (χ0v) is 19.4. The number of hydrogen-bond donors (Lipinski definition) is 2. The van der Waals surface area contributed by atoms with Crippen LogP contribution in [0.25, 0.3) is 10.8 Å². The summed E-state index contributed by atoms with van der Waals surface area (Å²) >= 11 is 0. The molecule has 174 valence electrons. The van der Waals surface area contributed by atoms with Crippen molar-refractivity contribution in [3.63, 3.8) is 0 Å². The van der Waals surface area contributed by atoms with Crippen molar-refractivity contribution in [2.45, 2.75) is 26.1 Å². The van der Waals surface area contributed by atoms with Gasteiger partial charge in [-0.25, -0.2) is 0 Å². The Labute approximate surface area is 203 Å². The fraction of sp³-hybridized carbons (Fsp3) is 0.143. The third-order valence-electron chi connectivity index (χ3n) is 5.91. The van der Waals surface area contributed by atoms with E-state index >= 15 is 0 Å². The van der Waals surface area contributed by atoms with Crippen LogP contribution in [0.1, 0.15) is 44.3 Å². The topological polar surface area (TPSA) is 98.7 Å². The normalized spacial score (nSPS) is 11.9. The van der Waals surface area contributed by atoms with Crippen molar-refractivity contribution in [1.29, 1.82) is 0 Å². The number of carbonyl (C=O) groups excluding carboxylic acids is 1. The third-order valence-corrected chi connectivity index (χ3v) is 5.91. The molecule has 0 aliphatic rings. The first kappa shape index (κ1) is 22.4. The number of pyridine rings is 2. The molecule has 5 rings (SSSR count). The molecule has 7 heteroatoms. The van der Waals surface area contributed by atoms with Crippen LogP contribution in [-0.4, -0.2) is 25.7 Å². The van der Waals surface area contributed by atoms with Crippen LogP contribution in [0.3, 0.4) is 0 Å². The second kappa shape index (κ2) is 9.87. The molecule has 0 spiro atoms. The maximum absolute atomic E-state index is 12.9. The molecule has 0 saturated carbocycles. The molecule has 0 saturated heterocycles. The molecule has 0 radical (unpaired) electrons. The van der Waals surface area contributed by atoms with Gasteiger partial charge in [-0.05, 0) is 64.7 Å². The van der Waals surface area contributed by atoms with E-state index in [4.69, 9.17) is 5.73 Å². The number of amides is 1. The number of aryl methyl sites for hydroxylation is 1. The predicted molar refractivity (Wildman–Crippen MR) is 136 cm³/mol. The second-order valence-corrected chi connectivity index (χ2v) is 8.72. The van der Waals surface area contributed by atoms with Gasteiger partial charge in [0, 0.05) is 36.4 Å². The number of hydrogen-bond acceptors (Lipinski definition) is 5. The van der Waals surface area contributed by atoms with Crippen molar-refractivity contribution < 1.29 is 4.79 Å². The van der Waals surface area contributed by atoms with Crippen LogP contribution in [-0.2, 0) is 13.0 Å². The Morgan fingerprint density at radius 2 is 1.74 bits per heavy atom. The summed E-state index contributed by atoms with van der Waals surface area (Å²) in [5, 5.41) is 9.26. The van der Waals surface area contributed by atoms with Crippen LogP contribution in [0.15, 0.2) is 91.8 Å². The van der Waals surface area contributed by atoms with Crippen molar-refractivity contribution in [1.82, 2.24) is 25.1 Å². The molecule has 7 nitrogen and oxygen atoms in total. The standard InChI is InChI=1S/C28H26N6O/c1-19-13-32-34(17-19)18-21-4-2-20(3-5-21)10-22-11-26(16-31-14-22)28(35)33-27(29)24-6-7-25-15-30-9-8-23(25)12-24/h2-9,11-17,27H,10,18,29H2,1H3,(H,33,35). The highest BCUT2D eigenvalue weighted by Gasteiger charge is 2.13. The van der Waals surface area contributed by atoms with Gasteiger partial charge in [-0.1, -0.05) is 36.4 Å². The monoisotopic (exact) mass is 462 g/mol. The predicted octanol–water partition coefficient (Wildman–Crippen LogP) is 4.16. The molecule has 35 heavy (non-hydrogen) atoms. The lowest BCUT2D eigenvalue weighted by Crippen LogP contribution is -2.34. The van der Waals surface area contributed by atoms with Gasteiger partial charge < -0.3 is 11.1 Å². The second-order valence-electron chi connectivity index (χ2n) is 8.72. The van der Waals surface area contributed by atoms with Crippen LogP contribution < -0.4 is 11.1 Å². The van der Waals surface area contributed by atoms with E-state index in [1.807, 2.05) is 54.3 Å². The minimum Gasteiger partial charge on any atom is -0.333 e. The summed E-state index contributed by atoms with van der Waals surface area (Å²) in [6.07, 6.45) is 10.8. The fourth-order valence-electron chi connectivity index (χ4n) is 4.05. The van der Waals surface area contributed by atoms with Crippen LogP contribution in [0.4, 0.5) is 0 Å². The van der Waals surface area contributed by atoms with Crippen LogP contribution in [0, 0.1) is 6.92 Å². The van der Waals surface area contributed by atoms with Gasteiger partial charge in [-0.15, -0.1) is 0 Å². The zero-order chi connectivity index (χ0) is 24.2. The van der Waals surface area contributed by atoms with Crippen LogP contribution in [0.5, 0.6) is 0 Å². The molecule has 3 aromatic heterocycles. The Morgan fingerprint density at radius 1 is 0.914 bits per heavy atom. The quantitative estimate of drug-likeness (QED) is 0.354. The Kier molecular flexibility index (Phi) is 6.32. The molecule has 3 heterocycles. The molecule has 2 aromatic carbocycles. The summed E-state index contributed by atoms with van der Waals surface area (Å²) in [5.74, 6) is -0.258. The number of fused-ring (bicyclic) bond motifs is 1. The number of carbonyl (C=O) groups is 1. The van der Waals surface area contributed by atoms with Gasteiger partial charge in [0.05, 0.1) is 18.3 Å². The highest BCUT2D eigenvalue weighted by molar-refractivity contribution is 5.94. The first-order valence-corrected chi connectivity index (χ1v) is 11.4. The highest BCUT2D eigenvalue weighted by Crippen LogP contribution is 2.18. The third kappa shape index (κ3) is 5.42. The number of nitrogens with zero attached hydrogens (tertiary/aromatic N) is 4. The first-order chi connectivity index (χ1) is 17.0. The average Bonchev–Trinajstić information content (AvgIpc) is 3.29. The molecule has 1 atom stereocenters. The van der Waals surface area contributed by atoms with Crippen molar-refractivity contribution in [2.24, 2.45) is 5.73 Å². The van der Waals surface area contributed by atoms with Crippen molar-refractivity contribution in [2.75, 3.05) is 0 Å². The number of aromatic nitrogens is 4. The van der Waals surface area contributed by atoms with Gasteiger partial charge in [0.25, 0.3) is 5.91 Å². The van der Waals surface area contributed by atoms with Crippen LogP contribution >= 0.6 is 0 Å². The largest absolute Gasteiger partial charge is 0.333 e. The fourth-order valence-corrected chi connectivity index (χ4v) is 4.05. The summed E-state index contributed by atoms with van der Waals surface area (Å²) in [6, 6.07) is 18.0. The van der Waals surface area contributed by atoms with E-state index in [1.165, 1.54) is 5.56 Å². The van der Waals surface area contributed by atoms with E-state index in [9.17, 15) is 4.79 Å². The highest BCUT2D eigenvalue weighted by atomic mass is 16.1. The van der Waals surface area contributed by atoms with E-state index in [-0.39, 0.29) is 5.91 Å². The Balaban J connectivity index is 1.23. The minimum absolute atomic E-state index is 0.258. The molecular weight excluding hydrogens is 436 g/mol. The number of benzene rings is 2. The maximum atomic E-state index is 12.9. The van der Waals surface area contributed by atoms with E-state index in [1.54, 1.807) is 24.8 Å². The maximum Gasteiger partial charge on any atom is 0.254 e. The molecule has 5 aromatic rings. The minimum atomic E-state index is -0.630. The summed E-state index contributed by atoms with van der Waals surface area (Å²) < 4.78 is 1.93. The molecule has 0 aliphatic carbocycles. The molecule has 1 amide bonds. The smallest absolute Gasteiger partial charge is 0.254 e. The molecule has 0 bridgehead atoms. The summed E-state index contributed by atoms with van der Waals surface area (Å²) in [4.78, 5) is 21.3. The van der Waals surface area contributed by atoms with Gasteiger partial charge in [0.2, 0.25) is 0 Å². The molecule has 0 fully saturated rings. The summed E-state index contributed by atoms with van der Waals surface area (Å²) in [6.45, 7) is 2.77. The first-order valence-electron chi connectivity index (χ1n) is 11.4. The van der Waals surface area contributed by atoms with E-state index in [2.05, 4.69) is 44.6 Å². The molecule has 3 N–H and O–H groups in total. The Hall–Kier alpha value is -4.36. The lowest BCUT2D eigenvalue weighted by atomic mass is 10.0. The summed E-state index contributed by atoms with van der Waals surface area (Å²) in [7, 11) is 0. The van der Waals surface area contributed by atoms with Gasteiger partial charge in [-0.3, -0.25) is 19.4 Å². The van der Waals surface area contributed by atoms with E-state index in [0.29, 0.717) is 12.0 Å². The number of rotatable bonds is 7. The molecule has 0 aliphatic heterocycles. The van der Waals surface area contributed by atoms with Gasteiger partial charge in [-0.2, -0.15) is 5.10 Å². The van der Waals surface area contributed by atoms with Gasteiger partial charge in [0.15, 0.2) is 0 Å². The Bertz CT molecular complexity index is 1470. The van der Waals surface area contributed by atoms with Crippen molar-refractivity contribution in [3.8, 4) is 0 Å². The number of nitrogens with two attached hydrogens (primary N) is 1. The Morgan fingerprint density at radius 3 is 2.54 bits per heavy atom. The summed E-state index contributed by atoms with van der Waals surface area (Å²) in [5.41, 5.74) is 12.0. The average molecular weight is 463 g/mol. The lowest BCUT2D eigenvalue weighted by Gasteiger charge is -2.15. The zero-order valence-electron chi connectivity index (χ0n) is 19.4. The van der Waals surface area contributed by atoms with Crippen LogP contribution in [0.2, 0.25) is 0 Å².